The molecule has 3 rings (SSSR count). The monoisotopic (exact) mass is 387 g/mol. The molecule has 0 bridgehead atoms. The Morgan fingerprint density at radius 3 is 2.44 bits per heavy atom. The number of rotatable bonds is 8. The molecule has 0 atom stereocenters. The number of ether oxygens (including phenoxy) is 3. The van der Waals surface area contributed by atoms with Crippen molar-refractivity contribution in [1.82, 2.24) is 5.32 Å². The molecule has 0 aromatic heterocycles. The average molecular weight is 388 g/mol. The number of para-hydroxylation sites is 2. The fourth-order valence-corrected chi connectivity index (χ4v) is 4.30. The van der Waals surface area contributed by atoms with Gasteiger partial charge < -0.3 is 19.5 Å². The van der Waals surface area contributed by atoms with Crippen molar-refractivity contribution in [1.29, 1.82) is 0 Å². The van der Waals surface area contributed by atoms with Crippen LogP contribution in [0.2, 0.25) is 0 Å². The molecule has 1 aliphatic rings. The molecule has 144 valence electrons. The molecule has 1 saturated heterocycles. The third-order valence-corrected chi connectivity index (χ3v) is 6.01. The van der Waals surface area contributed by atoms with E-state index < -0.39 is 0 Å². The Morgan fingerprint density at radius 1 is 1.07 bits per heavy atom. The molecular weight excluding hydrogens is 362 g/mol. The lowest BCUT2D eigenvalue weighted by molar-refractivity contribution is -0.123. The van der Waals surface area contributed by atoms with Crippen LogP contribution < -0.4 is 14.8 Å². The van der Waals surface area contributed by atoms with E-state index in [0.717, 1.165) is 12.8 Å². The van der Waals surface area contributed by atoms with E-state index in [4.69, 9.17) is 14.2 Å². The molecular formula is C21H25NO4S. The van der Waals surface area contributed by atoms with Crippen LogP contribution in [-0.2, 0) is 9.53 Å². The van der Waals surface area contributed by atoms with Gasteiger partial charge in [-0.15, -0.1) is 11.8 Å². The lowest BCUT2D eigenvalue weighted by atomic mass is 9.99. The van der Waals surface area contributed by atoms with Crippen molar-refractivity contribution in [2.24, 2.45) is 0 Å². The van der Waals surface area contributed by atoms with Gasteiger partial charge in [-0.05, 0) is 37.1 Å². The molecule has 1 fully saturated rings. The van der Waals surface area contributed by atoms with E-state index in [9.17, 15) is 4.79 Å². The second-order valence-electron chi connectivity index (χ2n) is 6.43. The Hall–Kier alpha value is -2.18. The van der Waals surface area contributed by atoms with Crippen molar-refractivity contribution in [3.63, 3.8) is 0 Å². The Bertz CT molecular complexity index is 732. The summed E-state index contributed by atoms with van der Waals surface area (Å²) in [6.45, 7) is 1.98. The van der Waals surface area contributed by atoms with Gasteiger partial charge in [-0.25, -0.2) is 0 Å². The summed E-state index contributed by atoms with van der Waals surface area (Å²) in [6, 6.07) is 17.6. The largest absolute Gasteiger partial charge is 0.493 e. The van der Waals surface area contributed by atoms with Crippen LogP contribution >= 0.6 is 11.8 Å². The zero-order valence-electron chi connectivity index (χ0n) is 15.5. The van der Waals surface area contributed by atoms with E-state index >= 15 is 0 Å². The van der Waals surface area contributed by atoms with E-state index in [2.05, 4.69) is 17.4 Å². The summed E-state index contributed by atoms with van der Waals surface area (Å²) in [4.78, 5) is 13.5. The maximum absolute atomic E-state index is 12.3. The summed E-state index contributed by atoms with van der Waals surface area (Å²) in [5.74, 6) is 1.04. The predicted octanol–water partition coefficient (Wildman–Crippen LogP) is 3.53. The normalized spacial score (nSPS) is 15.7. The smallest absolute Gasteiger partial charge is 0.257 e. The molecule has 2 aromatic carbocycles. The van der Waals surface area contributed by atoms with Crippen LogP contribution in [0, 0.1) is 0 Å². The second-order valence-corrected chi connectivity index (χ2v) is 7.97. The first-order chi connectivity index (χ1) is 13.2. The van der Waals surface area contributed by atoms with Gasteiger partial charge in [-0.1, -0.05) is 30.3 Å². The molecule has 1 heterocycles. The SMILES string of the molecule is COc1ccccc1OCC(=O)NCC1(Sc2ccccc2)CCOCC1. The van der Waals surface area contributed by atoms with Crippen LogP contribution in [0.5, 0.6) is 11.5 Å². The van der Waals surface area contributed by atoms with Crippen molar-refractivity contribution >= 4 is 17.7 Å². The van der Waals surface area contributed by atoms with Gasteiger partial charge in [0.1, 0.15) is 0 Å². The molecule has 27 heavy (non-hydrogen) atoms. The number of carbonyl (C=O) groups excluding carboxylic acids is 1. The number of benzene rings is 2. The van der Waals surface area contributed by atoms with Gasteiger partial charge in [0.2, 0.25) is 0 Å². The summed E-state index contributed by atoms with van der Waals surface area (Å²) in [5, 5.41) is 3.04. The number of hydrogen-bond donors (Lipinski definition) is 1. The Morgan fingerprint density at radius 2 is 1.74 bits per heavy atom. The molecule has 0 radical (unpaired) electrons. The molecule has 0 aliphatic carbocycles. The van der Waals surface area contributed by atoms with Gasteiger partial charge in [-0.3, -0.25) is 4.79 Å². The summed E-state index contributed by atoms with van der Waals surface area (Å²) >= 11 is 1.82. The van der Waals surface area contributed by atoms with E-state index in [1.807, 2.05) is 42.1 Å². The Kier molecular flexibility index (Phi) is 7.01. The van der Waals surface area contributed by atoms with Crippen LogP contribution in [-0.4, -0.2) is 44.1 Å². The molecule has 1 aliphatic heterocycles. The molecule has 0 saturated carbocycles. The minimum atomic E-state index is -0.138. The van der Waals surface area contributed by atoms with Gasteiger partial charge >= 0.3 is 0 Å². The summed E-state index contributed by atoms with van der Waals surface area (Å²) in [7, 11) is 1.58. The van der Waals surface area contributed by atoms with E-state index in [0.29, 0.717) is 31.3 Å². The maximum Gasteiger partial charge on any atom is 0.257 e. The van der Waals surface area contributed by atoms with Crippen molar-refractivity contribution in [3.8, 4) is 11.5 Å². The summed E-state index contributed by atoms with van der Waals surface area (Å²) < 4.78 is 16.3. The van der Waals surface area contributed by atoms with Gasteiger partial charge in [0, 0.05) is 29.4 Å². The topological polar surface area (TPSA) is 56.8 Å². The maximum atomic E-state index is 12.3. The second kappa shape index (κ2) is 9.67. The summed E-state index contributed by atoms with van der Waals surface area (Å²) in [5.41, 5.74) is 0. The van der Waals surface area contributed by atoms with Crippen molar-refractivity contribution in [2.75, 3.05) is 33.5 Å². The first-order valence-corrected chi connectivity index (χ1v) is 9.87. The van der Waals surface area contributed by atoms with E-state index in [-0.39, 0.29) is 17.3 Å². The number of nitrogens with one attached hydrogen (secondary N) is 1. The minimum absolute atomic E-state index is 0.0387. The quantitative estimate of drug-likeness (QED) is 0.751. The molecule has 5 nitrogen and oxygen atoms in total. The lowest BCUT2D eigenvalue weighted by Gasteiger charge is -2.36. The standard InChI is InChI=1S/C21H25NO4S/c1-24-18-9-5-6-10-19(18)26-15-20(23)22-16-21(11-13-25-14-12-21)27-17-7-3-2-4-8-17/h2-10H,11-16H2,1H3,(H,22,23). The number of hydrogen-bond acceptors (Lipinski definition) is 5. The molecule has 6 heteroatoms. The van der Waals surface area contributed by atoms with Crippen molar-refractivity contribution in [3.05, 3.63) is 54.6 Å². The number of amides is 1. The first kappa shape index (κ1) is 19.6. The van der Waals surface area contributed by atoms with Gasteiger partial charge in [0.15, 0.2) is 18.1 Å². The van der Waals surface area contributed by atoms with Gasteiger partial charge in [-0.2, -0.15) is 0 Å². The van der Waals surface area contributed by atoms with E-state index in [1.165, 1.54) is 4.90 Å². The fourth-order valence-electron chi connectivity index (χ4n) is 2.99. The minimum Gasteiger partial charge on any atom is -0.493 e. The Labute approximate surface area is 164 Å². The fraction of sp³-hybridized carbons (Fsp3) is 0.381. The third-order valence-electron chi connectivity index (χ3n) is 4.52. The van der Waals surface area contributed by atoms with Crippen LogP contribution in [0.4, 0.5) is 0 Å². The zero-order chi connectivity index (χ0) is 19.0. The average Bonchev–Trinajstić information content (AvgIpc) is 2.72. The predicted molar refractivity (Wildman–Crippen MR) is 107 cm³/mol. The highest BCUT2D eigenvalue weighted by Gasteiger charge is 2.34. The number of thioether (sulfide) groups is 1. The number of carbonyl (C=O) groups is 1. The molecule has 1 N–H and O–H groups in total. The molecule has 2 aromatic rings. The van der Waals surface area contributed by atoms with Crippen molar-refractivity contribution in [2.45, 2.75) is 22.5 Å². The number of methoxy groups -OCH3 is 1. The molecule has 0 unspecified atom stereocenters. The molecule has 0 spiro atoms. The molecule has 1 amide bonds. The highest BCUT2D eigenvalue weighted by atomic mass is 32.2. The van der Waals surface area contributed by atoms with Crippen LogP contribution in [0.25, 0.3) is 0 Å². The van der Waals surface area contributed by atoms with Gasteiger partial charge in [0.25, 0.3) is 5.91 Å². The van der Waals surface area contributed by atoms with Crippen molar-refractivity contribution < 1.29 is 19.0 Å². The first-order valence-electron chi connectivity index (χ1n) is 9.05. The van der Waals surface area contributed by atoms with Crippen LogP contribution in [0.3, 0.4) is 0 Å². The summed E-state index contributed by atoms with van der Waals surface area (Å²) in [6.07, 6.45) is 1.81. The van der Waals surface area contributed by atoms with Crippen LogP contribution in [0.15, 0.2) is 59.5 Å². The zero-order valence-corrected chi connectivity index (χ0v) is 16.3. The van der Waals surface area contributed by atoms with Crippen LogP contribution in [0.1, 0.15) is 12.8 Å². The van der Waals surface area contributed by atoms with Gasteiger partial charge in [0.05, 0.1) is 7.11 Å². The third kappa shape index (κ3) is 5.65. The Balaban J connectivity index is 1.56. The highest BCUT2D eigenvalue weighted by molar-refractivity contribution is 8.00. The lowest BCUT2D eigenvalue weighted by Crippen LogP contribution is -2.45. The van der Waals surface area contributed by atoms with E-state index in [1.54, 1.807) is 19.2 Å². The highest BCUT2D eigenvalue weighted by Crippen LogP contribution is 2.40.